The van der Waals surface area contributed by atoms with E-state index in [1.165, 1.54) is 37.6 Å². The van der Waals surface area contributed by atoms with Crippen LogP contribution >= 0.6 is 0 Å². The van der Waals surface area contributed by atoms with E-state index in [-0.39, 0.29) is 5.82 Å². The summed E-state index contributed by atoms with van der Waals surface area (Å²) in [6.07, 6.45) is 31.2. The molecule has 8 heterocycles. The first-order valence-corrected chi connectivity index (χ1v) is 43.9. The molecular weight excluding hydrogens is 1670 g/mol. The molecule has 132 heavy (non-hydrogen) atoms. The molecule has 1 aliphatic rings. The van der Waals surface area contributed by atoms with E-state index >= 15 is 0 Å². The Balaban J connectivity index is 0.000000142. The van der Waals surface area contributed by atoms with Crippen LogP contribution in [0.4, 0.5) is 49.9 Å². The summed E-state index contributed by atoms with van der Waals surface area (Å²) in [5.41, 5.74) is 21.5. The van der Waals surface area contributed by atoms with Gasteiger partial charge >= 0.3 is 0 Å². The van der Waals surface area contributed by atoms with Crippen LogP contribution < -0.4 is 58.7 Å². The van der Waals surface area contributed by atoms with Crippen LogP contribution in [0.3, 0.4) is 0 Å². The molecule has 0 atom stereocenters. The number of terminal acetylenes is 1. The number of ether oxygens (including phenoxy) is 6. The maximum atomic E-state index is 14.2. The van der Waals surface area contributed by atoms with Crippen LogP contribution in [0.2, 0.25) is 0 Å². The lowest BCUT2D eigenvalue weighted by atomic mass is 10.0. The van der Waals surface area contributed by atoms with Gasteiger partial charge in [0, 0.05) is 234 Å². The highest BCUT2D eigenvalue weighted by Gasteiger charge is 2.28. The molecule has 1 fully saturated rings. The van der Waals surface area contributed by atoms with Crippen LogP contribution in [0.25, 0.3) is 89.2 Å². The average molecular weight is 1780 g/mol. The maximum Gasteiger partial charge on any atom is 0.128 e. The van der Waals surface area contributed by atoms with Gasteiger partial charge in [-0.3, -0.25) is 43.6 Å². The van der Waals surface area contributed by atoms with Crippen molar-refractivity contribution in [3.8, 4) is 91.9 Å². The molecule has 0 amide bonds. The van der Waals surface area contributed by atoms with Crippen molar-refractivity contribution in [1.29, 1.82) is 0 Å². The molecule has 0 saturated heterocycles. The molecule has 17 rings (SSSR count). The Kier molecular flexibility index (Phi) is 30.9. The van der Waals surface area contributed by atoms with Crippen LogP contribution in [0.1, 0.15) is 58.9 Å². The van der Waals surface area contributed by atoms with Crippen LogP contribution in [0.15, 0.2) is 220 Å². The molecule has 0 aliphatic heterocycles. The van der Waals surface area contributed by atoms with E-state index in [1.54, 1.807) is 91.5 Å². The molecule has 682 valence electrons. The first-order chi connectivity index (χ1) is 64.0. The second kappa shape index (κ2) is 43.6. The van der Waals surface area contributed by atoms with Crippen molar-refractivity contribution in [1.82, 2.24) is 94.5 Å². The molecule has 1 saturated carbocycles. The van der Waals surface area contributed by atoms with Crippen LogP contribution in [0.5, 0.6) is 34.5 Å². The van der Waals surface area contributed by atoms with Gasteiger partial charge in [0.05, 0.1) is 165 Å². The number of anilines is 8. The molecule has 0 bridgehead atoms. The second-order valence-electron chi connectivity index (χ2n) is 32.7. The van der Waals surface area contributed by atoms with Crippen LogP contribution in [-0.2, 0) is 34.7 Å². The number of aryl methyl sites for hydroxylation is 4. The third-order valence-corrected chi connectivity index (χ3v) is 22.5. The summed E-state index contributed by atoms with van der Waals surface area (Å²) >= 11 is 0. The number of nitrogens with one attached hydrogen (secondary N) is 2. The van der Waals surface area contributed by atoms with Gasteiger partial charge in [-0.25, -0.2) is 24.3 Å². The molecule has 0 spiro atoms. The van der Waals surface area contributed by atoms with Crippen molar-refractivity contribution in [2.24, 2.45) is 34.1 Å². The molecule has 0 radical (unpaired) electrons. The number of halogens is 1. The zero-order valence-electron chi connectivity index (χ0n) is 77.5. The number of aromatic nitrogens is 16. The number of aliphatic hydroxyl groups is 1. The highest BCUT2D eigenvalue weighted by Crippen LogP contribution is 2.41. The van der Waals surface area contributed by atoms with Crippen molar-refractivity contribution < 1.29 is 37.9 Å². The smallest absolute Gasteiger partial charge is 0.128 e. The fraction of sp³-hybridized carbons (Fsp3) is 0.307. The minimum absolute atomic E-state index is 0.349. The summed E-state index contributed by atoms with van der Waals surface area (Å²) in [7, 11) is 19.3. The van der Waals surface area contributed by atoms with Crippen molar-refractivity contribution in [2.45, 2.75) is 65.5 Å². The zero-order chi connectivity index (χ0) is 93.0. The monoisotopic (exact) mass is 1780 g/mol. The lowest BCUT2D eigenvalue weighted by Crippen LogP contribution is -2.29. The van der Waals surface area contributed by atoms with Crippen molar-refractivity contribution >= 4 is 89.6 Å². The highest BCUT2D eigenvalue weighted by atomic mass is 19.1. The molecule has 8 aromatic carbocycles. The zero-order valence-corrected chi connectivity index (χ0v) is 77.5. The molecule has 1 aliphatic carbocycles. The first kappa shape index (κ1) is 93.4. The minimum atomic E-state index is -0.814. The number of rotatable bonds is 35. The summed E-state index contributed by atoms with van der Waals surface area (Å²) in [6, 6.07) is 47.2. The van der Waals surface area contributed by atoms with Crippen LogP contribution in [-0.4, -0.2) is 203 Å². The van der Waals surface area contributed by atoms with E-state index in [1.807, 2.05) is 182 Å². The molecular formula is C101H114FN23O7. The Morgan fingerprint density at radius 1 is 0.417 bits per heavy atom. The third kappa shape index (κ3) is 24.2. The van der Waals surface area contributed by atoms with Gasteiger partial charge < -0.3 is 63.8 Å². The van der Waals surface area contributed by atoms with Gasteiger partial charge in [0.2, 0.25) is 0 Å². The summed E-state index contributed by atoms with van der Waals surface area (Å²) < 4.78 is 54.1. The highest BCUT2D eigenvalue weighted by molar-refractivity contribution is 5.87. The van der Waals surface area contributed by atoms with Gasteiger partial charge in [-0.1, -0.05) is 13.8 Å². The molecule has 8 aromatic heterocycles. The Morgan fingerprint density at radius 3 is 1.09 bits per heavy atom. The number of hydrogen-bond acceptors (Lipinski definition) is 26. The predicted molar refractivity (Wildman–Crippen MR) is 521 cm³/mol. The molecule has 0 unspecified atom stereocenters. The fourth-order valence-electron chi connectivity index (χ4n) is 15.1. The average Bonchev–Trinajstić information content (AvgIpc) is 1.14. The Morgan fingerprint density at radius 2 is 0.758 bits per heavy atom. The number of hydrogen-bond donors (Lipinski definition) is 3. The van der Waals surface area contributed by atoms with E-state index in [0.717, 1.165) is 198 Å². The number of fused-ring (bicyclic) bond motifs is 4. The molecule has 3 N–H and O–H groups in total. The van der Waals surface area contributed by atoms with Gasteiger partial charge in [-0.15, -0.1) is 12.3 Å². The topological polar surface area (TPSA) is 290 Å². The second-order valence-corrected chi connectivity index (χ2v) is 32.7. The Bertz CT molecular complexity index is 6590. The summed E-state index contributed by atoms with van der Waals surface area (Å²) in [5, 5.41) is 33.9. The van der Waals surface area contributed by atoms with Gasteiger partial charge in [0.15, 0.2) is 0 Å². The first-order valence-electron chi connectivity index (χ1n) is 43.9. The predicted octanol–water partition coefficient (Wildman–Crippen LogP) is 17.1. The quantitative estimate of drug-likeness (QED) is 0.0246. The number of benzene rings is 8. The van der Waals surface area contributed by atoms with Gasteiger partial charge in [0.25, 0.3) is 0 Å². The van der Waals surface area contributed by atoms with Gasteiger partial charge in [-0.2, -0.15) is 20.4 Å². The van der Waals surface area contributed by atoms with E-state index in [0.29, 0.717) is 55.4 Å². The molecule has 31 heteroatoms. The lowest BCUT2D eigenvalue weighted by molar-refractivity contribution is 0.0737. The number of likely N-dealkylation sites (N-methyl/N-ethyl adjacent to an activating group) is 1. The minimum Gasteiger partial charge on any atom is -0.497 e. The van der Waals surface area contributed by atoms with Crippen molar-refractivity contribution in [2.75, 3.05) is 128 Å². The van der Waals surface area contributed by atoms with Gasteiger partial charge in [-0.05, 0) is 156 Å². The van der Waals surface area contributed by atoms with E-state index in [4.69, 9.17) is 54.8 Å². The largest absolute Gasteiger partial charge is 0.497 e. The molecule has 16 aromatic rings. The third-order valence-electron chi connectivity index (χ3n) is 22.5. The van der Waals surface area contributed by atoms with E-state index in [9.17, 15) is 9.50 Å². The summed E-state index contributed by atoms with van der Waals surface area (Å²) in [6.45, 7) is 16.2. The van der Waals surface area contributed by atoms with Crippen molar-refractivity contribution in [3.05, 3.63) is 231 Å². The van der Waals surface area contributed by atoms with Crippen molar-refractivity contribution in [3.63, 3.8) is 0 Å². The Hall–Kier alpha value is -14.7. The normalized spacial score (nSPS) is 11.8. The van der Waals surface area contributed by atoms with E-state index in [2.05, 4.69) is 133 Å². The number of methoxy groups -OCH3 is 6. The summed E-state index contributed by atoms with van der Waals surface area (Å²) in [4.78, 5) is 49.0. The summed E-state index contributed by atoms with van der Waals surface area (Å²) in [5.74, 6) is 7.22. The Labute approximate surface area is 769 Å². The van der Waals surface area contributed by atoms with E-state index < -0.39 is 5.60 Å². The standard InChI is InChI=1S/C28H34N6O.C26H28N6O2.C25H29N5O3.C22H23FN6O/c1-5-33(6-2)17-21-11-24(13-25(12-21)35-4)34(18-20-7-8-20)23-9-10-26-27(14-23)31-28(16-29-26)22-15-30-32(3)19-22;1-5-6-9-27-10-11-32(21-12-22(33-3)15-23(13-21)34-4)20-7-8-24-25(14-20)30-26(17-28-24)19-16-29-31(2)18-19;1-25(2,31)8-9-30(19-10-20(32-4)13-21(11-19)33-5)18-6-7-22-23(12-18)28-24(15-26-22)17-14-27-29(3)16-17;1-24-6-7-29(18-8-16(23)9-19(10-18)30-3)17-4-5-20-21(11-17)27-22(13-25-20)15-12-26-28(2)14-15/h9-16,19-20H,5-8,17-18H2,1-4H3;1,7-8,12-18,27H,6,9-11H2,2-4H3;6-7,10-16,31H,8-9H2,1-5H3;4-5,8-14,24H,6-7H2,1-3H3. The van der Waals surface area contributed by atoms with Gasteiger partial charge in [0.1, 0.15) is 40.3 Å². The SMILES string of the molecule is C#CCCNCCN(c1cc(OC)cc(OC)c1)c1ccc2ncc(-c3cnn(C)c3)nc2c1.CCN(CC)Cc1cc(OC)cc(N(CC2CC2)c2ccc3ncc(-c4cnn(C)c4)nc3c2)c1.CNCCN(c1cc(F)cc(OC)c1)c1ccc2ncc(-c3cnn(C)c3)nc2c1.COc1cc(OC)cc(N(CCC(C)(C)O)c2ccc3ncc(-c4cnn(C)c4)nc3c2)c1. The molecule has 30 nitrogen and oxygen atoms in total. The number of nitrogens with zero attached hydrogens (tertiary/aromatic N) is 21. The fourth-order valence-corrected chi connectivity index (χ4v) is 15.1. The van der Waals surface area contributed by atoms with Crippen LogP contribution in [0, 0.1) is 24.1 Å². The maximum absolute atomic E-state index is 14.2. The lowest BCUT2D eigenvalue weighted by Gasteiger charge is -2.29.